The molecule has 5 rings (SSSR count). The lowest BCUT2D eigenvalue weighted by Crippen LogP contribution is -2.39. The Balaban J connectivity index is 1.32. The van der Waals surface area contributed by atoms with Crippen LogP contribution < -0.4 is 19.7 Å². The predicted octanol–water partition coefficient (Wildman–Crippen LogP) is 6.19. The maximum absolute atomic E-state index is 11.8. The number of benzene rings is 4. The largest absolute Gasteiger partial charge is 0.496 e. The molecule has 1 aliphatic rings. The molecule has 0 bridgehead atoms. The summed E-state index contributed by atoms with van der Waals surface area (Å²) in [4.78, 5) is 13.9. The molecule has 0 saturated heterocycles. The first kappa shape index (κ1) is 23.7. The van der Waals surface area contributed by atoms with Crippen LogP contribution in [-0.2, 0) is 0 Å². The van der Waals surface area contributed by atoms with Crippen LogP contribution in [0.1, 0.15) is 35.3 Å². The van der Waals surface area contributed by atoms with Crippen LogP contribution in [0.2, 0.25) is 0 Å². The van der Waals surface area contributed by atoms with Crippen LogP contribution in [0, 0.1) is 0 Å². The Morgan fingerprint density at radius 2 is 1.86 bits per heavy atom. The average Bonchev–Trinajstić information content (AvgIpc) is 2.91. The minimum Gasteiger partial charge on any atom is -0.496 e. The number of hydrogen-bond donors (Lipinski definition) is 2. The van der Waals surface area contributed by atoms with E-state index in [2.05, 4.69) is 59.6 Å². The van der Waals surface area contributed by atoms with Crippen molar-refractivity contribution in [1.29, 1.82) is 0 Å². The van der Waals surface area contributed by atoms with Gasteiger partial charge in [-0.25, -0.2) is 4.79 Å². The SMILES string of the molecule is COc1ccc(N2CC(CCNC(C)c3cccc4ccccc34)Oc3ccccc32)cc1C(=O)O. The molecule has 6 nitrogen and oxygen atoms in total. The minimum absolute atomic E-state index is 0.0532. The van der Waals surface area contributed by atoms with Crippen LogP contribution in [0.25, 0.3) is 10.8 Å². The molecule has 36 heavy (non-hydrogen) atoms. The standard InChI is InChI=1S/C30H30N2O4/c1-20(24-11-7-9-21-8-3-4-10-25(21)24)31-17-16-23-19-32(27-12-5-6-13-29(27)36-23)22-14-15-28(35-2)26(18-22)30(33)34/h3-15,18,20,23,31H,16-17,19H2,1-2H3,(H,33,34). The molecule has 2 unspecified atom stereocenters. The summed E-state index contributed by atoms with van der Waals surface area (Å²) in [6.45, 7) is 3.59. The van der Waals surface area contributed by atoms with E-state index < -0.39 is 5.97 Å². The molecule has 0 aromatic heterocycles. The van der Waals surface area contributed by atoms with E-state index in [4.69, 9.17) is 9.47 Å². The van der Waals surface area contributed by atoms with Gasteiger partial charge in [0.1, 0.15) is 23.2 Å². The number of carboxylic acid groups (broad SMARTS) is 1. The average molecular weight is 483 g/mol. The highest BCUT2D eigenvalue weighted by Gasteiger charge is 2.27. The molecule has 0 saturated carbocycles. The van der Waals surface area contributed by atoms with Gasteiger partial charge in [-0.1, -0.05) is 54.6 Å². The van der Waals surface area contributed by atoms with Crippen molar-refractivity contribution in [3.63, 3.8) is 0 Å². The number of aromatic carboxylic acids is 1. The molecule has 4 aromatic rings. The molecule has 6 heteroatoms. The number of ether oxygens (including phenoxy) is 2. The number of nitrogens with one attached hydrogen (secondary N) is 1. The van der Waals surface area contributed by atoms with Crippen molar-refractivity contribution >= 4 is 28.1 Å². The van der Waals surface area contributed by atoms with Crippen molar-refractivity contribution in [2.75, 3.05) is 25.1 Å². The summed E-state index contributed by atoms with van der Waals surface area (Å²) in [5.74, 6) is 0.123. The number of hydrogen-bond acceptors (Lipinski definition) is 5. The maximum Gasteiger partial charge on any atom is 0.339 e. The third-order valence-corrected chi connectivity index (χ3v) is 6.77. The maximum atomic E-state index is 11.8. The zero-order chi connectivity index (χ0) is 25.1. The second-order valence-corrected chi connectivity index (χ2v) is 9.04. The zero-order valence-corrected chi connectivity index (χ0v) is 20.5. The zero-order valence-electron chi connectivity index (χ0n) is 20.5. The van der Waals surface area contributed by atoms with E-state index in [1.165, 1.54) is 23.4 Å². The summed E-state index contributed by atoms with van der Waals surface area (Å²) in [5.41, 5.74) is 3.14. The van der Waals surface area contributed by atoms with Crippen LogP contribution in [0.15, 0.2) is 84.9 Å². The summed E-state index contributed by atoms with van der Waals surface area (Å²) in [6, 6.07) is 28.2. The van der Waals surface area contributed by atoms with E-state index in [-0.39, 0.29) is 17.7 Å². The molecule has 184 valence electrons. The highest BCUT2D eigenvalue weighted by atomic mass is 16.5. The number of fused-ring (bicyclic) bond motifs is 2. The van der Waals surface area contributed by atoms with Gasteiger partial charge in [-0.3, -0.25) is 0 Å². The highest BCUT2D eigenvalue weighted by Crippen LogP contribution is 2.39. The molecule has 1 aliphatic heterocycles. The number of rotatable bonds is 8. The Labute approximate surface area is 211 Å². The van der Waals surface area contributed by atoms with E-state index in [1.807, 2.05) is 30.3 Å². The van der Waals surface area contributed by atoms with Gasteiger partial charge < -0.3 is 24.8 Å². The molecule has 0 aliphatic carbocycles. The summed E-state index contributed by atoms with van der Waals surface area (Å²) in [5, 5.41) is 15.8. The summed E-state index contributed by atoms with van der Waals surface area (Å²) >= 11 is 0. The fourth-order valence-corrected chi connectivity index (χ4v) is 4.92. The minimum atomic E-state index is -1.02. The first-order valence-corrected chi connectivity index (χ1v) is 12.2. The van der Waals surface area contributed by atoms with Crippen LogP contribution in [0.3, 0.4) is 0 Å². The molecule has 4 aromatic carbocycles. The quantitative estimate of drug-likeness (QED) is 0.312. The Morgan fingerprint density at radius 3 is 2.69 bits per heavy atom. The van der Waals surface area contributed by atoms with Gasteiger partial charge >= 0.3 is 5.97 Å². The third-order valence-electron chi connectivity index (χ3n) is 6.77. The van der Waals surface area contributed by atoms with Crippen molar-refractivity contribution < 1.29 is 19.4 Å². The van der Waals surface area contributed by atoms with Crippen molar-refractivity contribution in [1.82, 2.24) is 5.32 Å². The van der Waals surface area contributed by atoms with Crippen LogP contribution in [0.4, 0.5) is 11.4 Å². The van der Waals surface area contributed by atoms with Crippen LogP contribution in [0.5, 0.6) is 11.5 Å². The van der Waals surface area contributed by atoms with Gasteiger partial charge in [0, 0.05) is 11.7 Å². The van der Waals surface area contributed by atoms with Crippen LogP contribution >= 0.6 is 0 Å². The molecular weight excluding hydrogens is 452 g/mol. The number of para-hydroxylation sites is 2. The topological polar surface area (TPSA) is 71.0 Å². The van der Waals surface area contributed by atoms with Gasteiger partial charge in [0.25, 0.3) is 0 Å². The Bertz CT molecular complexity index is 1380. The van der Waals surface area contributed by atoms with Crippen LogP contribution in [-0.4, -0.2) is 37.4 Å². The first-order valence-electron chi connectivity index (χ1n) is 12.2. The van der Waals surface area contributed by atoms with Gasteiger partial charge in [-0.2, -0.15) is 0 Å². The van der Waals surface area contributed by atoms with Crippen molar-refractivity contribution in [2.24, 2.45) is 0 Å². The van der Waals surface area contributed by atoms with E-state index in [1.54, 1.807) is 12.1 Å². The van der Waals surface area contributed by atoms with E-state index in [0.29, 0.717) is 12.3 Å². The molecule has 0 radical (unpaired) electrons. The predicted molar refractivity (Wildman–Crippen MR) is 143 cm³/mol. The van der Waals surface area contributed by atoms with Crippen molar-refractivity contribution in [3.8, 4) is 11.5 Å². The molecule has 2 N–H and O–H groups in total. The Kier molecular flexibility index (Phi) is 6.78. The Hall–Kier alpha value is -4.03. The third kappa shape index (κ3) is 4.72. The normalized spacial score (nSPS) is 15.7. The lowest BCUT2D eigenvalue weighted by atomic mass is 9.99. The second-order valence-electron chi connectivity index (χ2n) is 9.04. The van der Waals surface area contributed by atoms with Gasteiger partial charge in [-0.15, -0.1) is 0 Å². The molecule has 0 fully saturated rings. The fourth-order valence-electron chi connectivity index (χ4n) is 4.92. The van der Waals surface area contributed by atoms with Crippen molar-refractivity contribution in [3.05, 3.63) is 96.1 Å². The van der Waals surface area contributed by atoms with Gasteiger partial charge in [0.15, 0.2) is 0 Å². The number of nitrogens with zero attached hydrogens (tertiary/aromatic N) is 1. The number of carbonyl (C=O) groups is 1. The van der Waals surface area contributed by atoms with E-state index in [0.717, 1.165) is 30.1 Å². The van der Waals surface area contributed by atoms with Crippen molar-refractivity contribution in [2.45, 2.75) is 25.5 Å². The molecule has 2 atom stereocenters. The summed E-state index contributed by atoms with van der Waals surface area (Å²) < 4.78 is 11.6. The van der Waals surface area contributed by atoms with E-state index in [9.17, 15) is 9.90 Å². The first-order chi connectivity index (χ1) is 17.5. The van der Waals surface area contributed by atoms with Gasteiger partial charge in [0.05, 0.1) is 19.3 Å². The van der Waals surface area contributed by atoms with Gasteiger partial charge in [-0.05, 0) is 66.6 Å². The fraction of sp³-hybridized carbons (Fsp3) is 0.233. The number of methoxy groups -OCH3 is 1. The molecular formula is C30H30N2O4. The second kappa shape index (κ2) is 10.3. The lowest BCUT2D eigenvalue weighted by Gasteiger charge is -2.36. The molecule has 0 spiro atoms. The number of anilines is 2. The smallest absolute Gasteiger partial charge is 0.339 e. The number of carboxylic acids is 1. The monoisotopic (exact) mass is 482 g/mol. The van der Waals surface area contributed by atoms with Gasteiger partial charge in [0.2, 0.25) is 0 Å². The van der Waals surface area contributed by atoms with E-state index >= 15 is 0 Å². The molecule has 0 amide bonds. The summed E-state index contributed by atoms with van der Waals surface area (Å²) in [6.07, 6.45) is 0.754. The lowest BCUT2D eigenvalue weighted by molar-refractivity contribution is 0.0693. The highest BCUT2D eigenvalue weighted by molar-refractivity contribution is 5.93. The molecule has 1 heterocycles. The Morgan fingerprint density at radius 1 is 1.08 bits per heavy atom. The summed E-state index contributed by atoms with van der Waals surface area (Å²) in [7, 11) is 1.48.